The van der Waals surface area contributed by atoms with Gasteiger partial charge in [0.25, 0.3) is 0 Å². The second kappa shape index (κ2) is 5.60. The summed E-state index contributed by atoms with van der Waals surface area (Å²) in [6.07, 6.45) is 4.26. The van der Waals surface area contributed by atoms with Gasteiger partial charge in [0.05, 0.1) is 5.57 Å². The number of aryl methyl sites for hydroxylation is 1. The van der Waals surface area contributed by atoms with E-state index in [1.807, 2.05) is 25.3 Å². The van der Waals surface area contributed by atoms with Gasteiger partial charge in [-0.1, -0.05) is 0 Å². The number of nitrogens with zero attached hydrogens (tertiary/aromatic N) is 5. The molecule has 0 saturated carbocycles. The van der Waals surface area contributed by atoms with E-state index in [-0.39, 0.29) is 0 Å². The van der Waals surface area contributed by atoms with E-state index in [0.29, 0.717) is 34.9 Å². The van der Waals surface area contributed by atoms with Gasteiger partial charge in [-0.3, -0.25) is 4.99 Å². The molecule has 2 rings (SSSR count). The summed E-state index contributed by atoms with van der Waals surface area (Å²) in [5.41, 5.74) is 8.55. The molecule has 7 heteroatoms. The minimum absolute atomic E-state index is 0.336. The maximum absolute atomic E-state index is 7.56. The number of aromatic nitrogens is 4. The van der Waals surface area contributed by atoms with Gasteiger partial charge in [-0.15, -0.1) is 0 Å². The Morgan fingerprint density at radius 1 is 1.45 bits per heavy atom. The van der Waals surface area contributed by atoms with Crippen molar-refractivity contribution in [3.05, 3.63) is 18.4 Å². The Hall–Kier alpha value is -2.57. The molecule has 2 aromatic heterocycles. The number of nitrogen functional groups attached to an aromatic ring is 1. The van der Waals surface area contributed by atoms with E-state index in [1.54, 1.807) is 6.20 Å². The molecule has 0 bridgehead atoms. The molecular formula is C13H17N7. The van der Waals surface area contributed by atoms with E-state index in [2.05, 4.69) is 19.9 Å². The van der Waals surface area contributed by atoms with E-state index in [0.717, 1.165) is 5.71 Å². The van der Waals surface area contributed by atoms with Gasteiger partial charge < -0.3 is 15.7 Å². The van der Waals surface area contributed by atoms with Crippen LogP contribution in [0, 0.1) is 5.41 Å². The summed E-state index contributed by atoms with van der Waals surface area (Å²) in [4.78, 5) is 16.8. The zero-order valence-electron chi connectivity index (χ0n) is 11.8. The monoisotopic (exact) mass is 271 g/mol. The van der Waals surface area contributed by atoms with Crippen LogP contribution in [0.3, 0.4) is 0 Å². The Kier molecular flexibility index (Phi) is 3.88. The van der Waals surface area contributed by atoms with E-state index >= 15 is 0 Å². The third-order valence-electron chi connectivity index (χ3n) is 2.75. The maximum Gasteiger partial charge on any atom is 0.165 e. The van der Waals surface area contributed by atoms with E-state index < -0.39 is 0 Å². The molecular weight excluding hydrogens is 254 g/mol. The number of hydrogen-bond acceptors (Lipinski definition) is 6. The van der Waals surface area contributed by atoms with Crippen molar-refractivity contribution in [2.45, 2.75) is 27.3 Å². The molecule has 0 spiro atoms. The molecule has 0 unspecified atom stereocenters. The highest BCUT2D eigenvalue weighted by atomic mass is 15.2. The first-order valence-corrected chi connectivity index (χ1v) is 6.27. The summed E-state index contributed by atoms with van der Waals surface area (Å²) in [7, 11) is 0. The number of aliphatic imine (C=N–C) groups is 1. The van der Waals surface area contributed by atoms with Gasteiger partial charge in [-0.25, -0.2) is 15.0 Å². The van der Waals surface area contributed by atoms with Gasteiger partial charge in [0.2, 0.25) is 0 Å². The minimum Gasteiger partial charge on any atom is -0.382 e. The van der Waals surface area contributed by atoms with E-state index in [1.165, 1.54) is 12.5 Å². The molecule has 0 atom stereocenters. The van der Waals surface area contributed by atoms with Crippen LogP contribution in [0.5, 0.6) is 0 Å². The molecule has 0 aliphatic rings. The van der Waals surface area contributed by atoms with Crippen molar-refractivity contribution in [3.63, 3.8) is 0 Å². The molecule has 3 N–H and O–H groups in total. The minimum atomic E-state index is 0.336. The van der Waals surface area contributed by atoms with Crippen LogP contribution < -0.4 is 5.73 Å². The molecule has 2 heterocycles. The van der Waals surface area contributed by atoms with Crippen molar-refractivity contribution in [1.82, 2.24) is 19.5 Å². The Bertz CT molecular complexity index is 705. The molecule has 0 aromatic carbocycles. The van der Waals surface area contributed by atoms with Crippen molar-refractivity contribution >= 4 is 34.5 Å². The number of rotatable bonds is 4. The fourth-order valence-corrected chi connectivity index (χ4v) is 1.83. The zero-order chi connectivity index (χ0) is 14.7. The van der Waals surface area contributed by atoms with Crippen LogP contribution >= 0.6 is 0 Å². The van der Waals surface area contributed by atoms with Crippen LogP contribution in [-0.4, -0.2) is 31.4 Å². The Morgan fingerprint density at radius 2 is 2.20 bits per heavy atom. The first-order valence-electron chi connectivity index (χ1n) is 6.27. The first-order chi connectivity index (χ1) is 9.58. The van der Waals surface area contributed by atoms with Crippen LogP contribution in [0.2, 0.25) is 0 Å². The molecule has 2 aromatic rings. The quantitative estimate of drug-likeness (QED) is 0.828. The average molecular weight is 271 g/mol. The Labute approximate surface area is 116 Å². The van der Waals surface area contributed by atoms with Crippen LogP contribution in [0.25, 0.3) is 16.7 Å². The second-order valence-electron chi connectivity index (χ2n) is 4.42. The van der Waals surface area contributed by atoms with Crippen molar-refractivity contribution in [2.24, 2.45) is 4.99 Å². The molecule has 7 nitrogen and oxygen atoms in total. The van der Waals surface area contributed by atoms with Crippen molar-refractivity contribution in [1.29, 1.82) is 5.41 Å². The summed E-state index contributed by atoms with van der Waals surface area (Å²) < 4.78 is 1.89. The Morgan fingerprint density at radius 3 is 2.80 bits per heavy atom. The Balaban J connectivity index is 2.70. The predicted octanol–water partition coefficient (Wildman–Crippen LogP) is 1.90. The molecule has 0 aliphatic heterocycles. The van der Waals surface area contributed by atoms with E-state index in [9.17, 15) is 0 Å². The van der Waals surface area contributed by atoms with Gasteiger partial charge in [0.15, 0.2) is 17.0 Å². The molecule has 0 radical (unpaired) electrons. The lowest BCUT2D eigenvalue weighted by molar-refractivity contribution is 0.766. The van der Waals surface area contributed by atoms with Crippen LogP contribution in [0.15, 0.2) is 17.5 Å². The summed E-state index contributed by atoms with van der Waals surface area (Å²) in [6, 6.07) is 0. The van der Waals surface area contributed by atoms with Crippen LogP contribution in [-0.2, 0) is 6.54 Å². The summed E-state index contributed by atoms with van der Waals surface area (Å²) in [5, 5.41) is 7.56. The molecule has 0 amide bonds. The number of imidazole rings is 1. The van der Waals surface area contributed by atoms with Gasteiger partial charge in [-0.05, 0) is 20.8 Å². The smallest absolute Gasteiger partial charge is 0.165 e. The third-order valence-corrected chi connectivity index (χ3v) is 2.75. The normalized spacial score (nSPS) is 11.7. The van der Waals surface area contributed by atoms with Gasteiger partial charge in [-0.2, -0.15) is 0 Å². The van der Waals surface area contributed by atoms with Crippen molar-refractivity contribution in [2.75, 3.05) is 5.73 Å². The van der Waals surface area contributed by atoms with E-state index in [4.69, 9.17) is 11.1 Å². The third kappa shape index (κ3) is 2.42. The molecule has 0 fully saturated rings. The number of fused-ring (bicyclic) bond motifs is 1. The van der Waals surface area contributed by atoms with Crippen LogP contribution in [0.4, 0.5) is 5.82 Å². The van der Waals surface area contributed by atoms with Crippen LogP contribution in [0.1, 0.15) is 26.6 Å². The number of nitrogens with one attached hydrogen (secondary N) is 1. The molecule has 104 valence electrons. The predicted molar refractivity (Wildman–Crippen MR) is 81.0 cm³/mol. The largest absolute Gasteiger partial charge is 0.382 e. The molecule has 0 saturated heterocycles. The number of hydrogen-bond donors (Lipinski definition) is 2. The van der Waals surface area contributed by atoms with Gasteiger partial charge in [0.1, 0.15) is 12.2 Å². The average Bonchev–Trinajstić information content (AvgIpc) is 2.79. The standard InChI is InChI=1S/C13H17N7/c1-4-20-12(9(5-14)6-16-8(2)3)19-10-11(15)17-7-18-13(10)20/h5-7,14H,4H2,1-3H3,(H2,15,17,18)/b9-6+,14-5?. The van der Waals surface area contributed by atoms with Gasteiger partial charge in [0, 0.05) is 24.7 Å². The summed E-state index contributed by atoms with van der Waals surface area (Å²) in [5.74, 6) is 0.956. The second-order valence-corrected chi connectivity index (χ2v) is 4.42. The van der Waals surface area contributed by atoms with Gasteiger partial charge >= 0.3 is 0 Å². The van der Waals surface area contributed by atoms with Crippen molar-refractivity contribution in [3.8, 4) is 0 Å². The molecule has 0 aliphatic carbocycles. The number of nitrogens with two attached hydrogens (primary N) is 1. The number of allylic oxidation sites excluding steroid dienone is 1. The summed E-state index contributed by atoms with van der Waals surface area (Å²) in [6.45, 7) is 6.44. The lowest BCUT2D eigenvalue weighted by Gasteiger charge is -2.04. The zero-order valence-corrected chi connectivity index (χ0v) is 11.8. The number of anilines is 1. The highest BCUT2D eigenvalue weighted by Gasteiger charge is 2.15. The highest BCUT2D eigenvalue weighted by Crippen LogP contribution is 2.22. The first kappa shape index (κ1) is 13.9. The van der Waals surface area contributed by atoms with Crippen molar-refractivity contribution < 1.29 is 0 Å². The highest BCUT2D eigenvalue weighted by molar-refractivity contribution is 6.08. The molecule has 20 heavy (non-hydrogen) atoms. The summed E-state index contributed by atoms with van der Waals surface area (Å²) >= 11 is 0. The maximum atomic E-state index is 7.56. The topological polar surface area (TPSA) is 106 Å². The SMILES string of the molecule is CCn1c(/C(C=N)=C/N=C(C)C)nc2c(N)ncnc21. The fraction of sp³-hybridized carbons (Fsp3) is 0.308. The lowest BCUT2D eigenvalue weighted by Crippen LogP contribution is -2.03. The fourth-order valence-electron chi connectivity index (χ4n) is 1.83. The lowest BCUT2D eigenvalue weighted by atomic mass is 10.3.